The van der Waals surface area contributed by atoms with Crippen molar-refractivity contribution in [3.05, 3.63) is 52.2 Å². The monoisotopic (exact) mass is 446 g/mol. The van der Waals surface area contributed by atoms with Gasteiger partial charge in [-0.05, 0) is 49.7 Å². The standard InChI is InChI=1S/C26H30N4OS/c31-26(19-9-6-10-19)30-15-13-29(14-16-30)24-23-20-11-4-5-12-21(20)32-25(23)28-22(27-24)17-18-7-2-1-3-8-18/h1-3,7-8,19H,4-6,9-17H2. The lowest BCUT2D eigenvalue weighted by Gasteiger charge is -2.39. The number of nitrogens with zero attached hydrogens (tertiary/aromatic N) is 4. The van der Waals surface area contributed by atoms with Crippen LogP contribution in [0.25, 0.3) is 10.2 Å². The van der Waals surface area contributed by atoms with E-state index in [0.29, 0.717) is 5.91 Å². The number of amides is 1. The van der Waals surface area contributed by atoms with Crippen molar-refractivity contribution in [2.45, 2.75) is 51.4 Å². The molecule has 6 rings (SSSR count). The highest BCUT2D eigenvalue weighted by atomic mass is 32.1. The van der Waals surface area contributed by atoms with Gasteiger partial charge in [-0.1, -0.05) is 36.8 Å². The molecule has 32 heavy (non-hydrogen) atoms. The molecule has 1 amide bonds. The molecule has 3 aliphatic rings. The highest BCUT2D eigenvalue weighted by Crippen LogP contribution is 2.40. The Hall–Kier alpha value is -2.47. The van der Waals surface area contributed by atoms with Gasteiger partial charge >= 0.3 is 0 Å². The third kappa shape index (κ3) is 3.68. The lowest BCUT2D eigenvalue weighted by molar-refractivity contribution is -0.138. The number of benzene rings is 1. The van der Waals surface area contributed by atoms with Crippen LogP contribution in [0, 0.1) is 5.92 Å². The summed E-state index contributed by atoms with van der Waals surface area (Å²) >= 11 is 1.88. The SMILES string of the molecule is O=C(C1CCC1)N1CCN(c2nc(Cc3ccccc3)nc3sc4c(c23)CCCC4)CC1. The van der Waals surface area contributed by atoms with E-state index in [1.165, 1.54) is 47.1 Å². The maximum Gasteiger partial charge on any atom is 0.225 e. The first-order valence-electron chi connectivity index (χ1n) is 12.1. The van der Waals surface area contributed by atoms with Crippen molar-refractivity contribution in [3.63, 3.8) is 0 Å². The summed E-state index contributed by atoms with van der Waals surface area (Å²) in [7, 11) is 0. The van der Waals surface area contributed by atoms with Crippen LogP contribution < -0.4 is 4.90 Å². The summed E-state index contributed by atoms with van der Waals surface area (Å²) in [6, 6.07) is 10.5. The number of carbonyl (C=O) groups is 1. The van der Waals surface area contributed by atoms with E-state index < -0.39 is 0 Å². The summed E-state index contributed by atoms with van der Waals surface area (Å²) in [5.74, 6) is 2.68. The van der Waals surface area contributed by atoms with Crippen molar-refractivity contribution in [3.8, 4) is 0 Å². The summed E-state index contributed by atoms with van der Waals surface area (Å²) in [5.41, 5.74) is 2.74. The average molecular weight is 447 g/mol. The van der Waals surface area contributed by atoms with Gasteiger partial charge in [0.15, 0.2) is 0 Å². The number of anilines is 1. The molecule has 0 N–H and O–H groups in total. The number of carbonyl (C=O) groups excluding carboxylic acids is 1. The molecule has 2 aromatic heterocycles. The normalized spacial score (nSPS) is 19.1. The third-order valence-electron chi connectivity index (χ3n) is 7.39. The molecule has 5 nitrogen and oxygen atoms in total. The van der Waals surface area contributed by atoms with Crippen LogP contribution in [0.15, 0.2) is 30.3 Å². The first-order chi connectivity index (χ1) is 15.8. The van der Waals surface area contributed by atoms with E-state index in [2.05, 4.69) is 40.1 Å². The van der Waals surface area contributed by atoms with Gasteiger partial charge in [0.2, 0.25) is 5.91 Å². The Balaban J connectivity index is 1.32. The summed E-state index contributed by atoms with van der Waals surface area (Å²) in [6.07, 6.45) is 8.98. The van der Waals surface area contributed by atoms with Gasteiger partial charge in [-0.2, -0.15) is 0 Å². The van der Waals surface area contributed by atoms with E-state index in [4.69, 9.17) is 9.97 Å². The van der Waals surface area contributed by atoms with Crippen molar-refractivity contribution in [2.75, 3.05) is 31.1 Å². The van der Waals surface area contributed by atoms with Gasteiger partial charge in [0, 0.05) is 43.4 Å². The number of fused-ring (bicyclic) bond motifs is 3. The fourth-order valence-electron chi connectivity index (χ4n) is 5.32. The molecular formula is C26H30N4OS. The second kappa shape index (κ2) is 8.47. The highest BCUT2D eigenvalue weighted by Gasteiger charge is 2.32. The molecule has 0 unspecified atom stereocenters. The van der Waals surface area contributed by atoms with Crippen LogP contribution in [0.3, 0.4) is 0 Å². The van der Waals surface area contributed by atoms with Crippen LogP contribution >= 0.6 is 11.3 Å². The summed E-state index contributed by atoms with van der Waals surface area (Å²) < 4.78 is 0. The Morgan fingerprint density at radius 1 is 0.969 bits per heavy atom. The molecule has 0 radical (unpaired) electrons. The minimum absolute atomic E-state index is 0.286. The Morgan fingerprint density at radius 3 is 2.50 bits per heavy atom. The quantitative estimate of drug-likeness (QED) is 0.587. The maximum absolute atomic E-state index is 12.7. The predicted molar refractivity (Wildman–Crippen MR) is 129 cm³/mol. The summed E-state index contributed by atoms with van der Waals surface area (Å²) in [6.45, 7) is 3.34. The first-order valence-corrected chi connectivity index (χ1v) is 13.0. The highest BCUT2D eigenvalue weighted by molar-refractivity contribution is 7.19. The molecule has 3 heterocycles. The van der Waals surface area contributed by atoms with Gasteiger partial charge in [-0.3, -0.25) is 4.79 Å². The van der Waals surface area contributed by atoms with E-state index in [-0.39, 0.29) is 5.92 Å². The molecule has 1 aliphatic heterocycles. The van der Waals surface area contributed by atoms with E-state index in [0.717, 1.165) is 68.3 Å². The number of piperazine rings is 1. The van der Waals surface area contributed by atoms with Gasteiger partial charge in [0.05, 0.1) is 5.39 Å². The number of thiophene rings is 1. The largest absolute Gasteiger partial charge is 0.352 e. The minimum atomic E-state index is 0.286. The number of aryl methyl sites for hydroxylation is 2. The maximum atomic E-state index is 12.7. The van der Waals surface area contributed by atoms with Crippen LogP contribution in [-0.2, 0) is 24.1 Å². The topological polar surface area (TPSA) is 49.3 Å². The molecule has 0 bridgehead atoms. The zero-order valence-electron chi connectivity index (χ0n) is 18.6. The van der Waals surface area contributed by atoms with Crippen LogP contribution in [0.2, 0.25) is 0 Å². The van der Waals surface area contributed by atoms with Gasteiger partial charge in [-0.15, -0.1) is 11.3 Å². The fourth-order valence-corrected chi connectivity index (χ4v) is 6.59. The predicted octanol–water partition coefficient (Wildman–Crippen LogP) is 4.61. The smallest absolute Gasteiger partial charge is 0.225 e. The number of hydrogen-bond donors (Lipinski definition) is 0. The molecule has 1 aromatic carbocycles. The van der Waals surface area contributed by atoms with Crippen molar-refractivity contribution >= 4 is 33.3 Å². The molecular weight excluding hydrogens is 416 g/mol. The zero-order chi connectivity index (χ0) is 21.5. The second-order valence-corrected chi connectivity index (χ2v) is 10.5. The number of rotatable bonds is 4. The van der Waals surface area contributed by atoms with E-state index >= 15 is 0 Å². The molecule has 2 fully saturated rings. The van der Waals surface area contributed by atoms with E-state index in [1.54, 1.807) is 0 Å². The van der Waals surface area contributed by atoms with E-state index in [9.17, 15) is 4.79 Å². The van der Waals surface area contributed by atoms with Gasteiger partial charge in [-0.25, -0.2) is 9.97 Å². The second-order valence-electron chi connectivity index (χ2n) is 9.46. The molecule has 1 saturated heterocycles. The number of aromatic nitrogens is 2. The number of hydrogen-bond acceptors (Lipinski definition) is 5. The van der Waals surface area contributed by atoms with Crippen molar-refractivity contribution in [2.24, 2.45) is 5.92 Å². The Labute approximate surface area is 193 Å². The van der Waals surface area contributed by atoms with Crippen molar-refractivity contribution in [1.82, 2.24) is 14.9 Å². The van der Waals surface area contributed by atoms with Crippen LogP contribution in [0.1, 0.15) is 53.9 Å². The van der Waals surface area contributed by atoms with Crippen LogP contribution in [-0.4, -0.2) is 47.0 Å². The average Bonchev–Trinajstić information content (AvgIpc) is 3.16. The fraction of sp³-hybridized carbons (Fsp3) is 0.500. The van der Waals surface area contributed by atoms with Crippen LogP contribution in [0.5, 0.6) is 0 Å². The molecule has 0 atom stereocenters. The minimum Gasteiger partial charge on any atom is -0.352 e. The van der Waals surface area contributed by atoms with Crippen molar-refractivity contribution in [1.29, 1.82) is 0 Å². The van der Waals surface area contributed by atoms with Gasteiger partial charge < -0.3 is 9.80 Å². The van der Waals surface area contributed by atoms with Gasteiger partial charge in [0.25, 0.3) is 0 Å². The summed E-state index contributed by atoms with van der Waals surface area (Å²) in [5, 5.41) is 1.29. The molecule has 166 valence electrons. The Morgan fingerprint density at radius 2 is 1.75 bits per heavy atom. The third-order valence-corrected chi connectivity index (χ3v) is 8.58. The van der Waals surface area contributed by atoms with Gasteiger partial charge in [0.1, 0.15) is 16.5 Å². The molecule has 1 saturated carbocycles. The molecule has 3 aromatic rings. The molecule has 0 spiro atoms. The lowest BCUT2D eigenvalue weighted by Crippen LogP contribution is -2.51. The Kier molecular flexibility index (Phi) is 5.34. The zero-order valence-corrected chi connectivity index (χ0v) is 19.4. The van der Waals surface area contributed by atoms with Crippen molar-refractivity contribution < 1.29 is 4.79 Å². The molecule has 2 aliphatic carbocycles. The summed E-state index contributed by atoms with van der Waals surface area (Å²) in [4.78, 5) is 30.1. The Bertz CT molecular complexity index is 1130. The van der Waals surface area contributed by atoms with E-state index in [1.807, 2.05) is 11.3 Å². The molecule has 6 heteroatoms. The van der Waals surface area contributed by atoms with Crippen LogP contribution in [0.4, 0.5) is 5.82 Å². The lowest BCUT2D eigenvalue weighted by atomic mass is 9.84. The first kappa shape index (κ1) is 20.2.